The quantitative estimate of drug-likeness (QED) is 0.392. The molecule has 1 amide bonds. The van der Waals surface area contributed by atoms with Crippen LogP contribution in [0.2, 0.25) is 0 Å². The van der Waals surface area contributed by atoms with Gasteiger partial charge in [0.1, 0.15) is 5.39 Å². The molecule has 1 N–H and O–H groups in total. The molecule has 9 nitrogen and oxygen atoms in total. The molecular formula is C19H23N5O4S. The molecule has 2 heterocycles. The summed E-state index contributed by atoms with van der Waals surface area (Å²) in [5, 5.41) is 5.04. The molecular weight excluding hydrogens is 394 g/mol. The smallest absolute Gasteiger partial charge is 0.262 e. The Morgan fingerprint density at radius 2 is 1.86 bits per heavy atom. The number of amides is 1. The molecule has 3 rings (SSSR count). The third-order valence-electron chi connectivity index (χ3n) is 4.23. The number of nitrogens with one attached hydrogen (secondary N) is 1. The van der Waals surface area contributed by atoms with Crippen LogP contribution in [0.25, 0.3) is 16.7 Å². The van der Waals surface area contributed by atoms with Gasteiger partial charge in [-0.1, -0.05) is 30.0 Å². The van der Waals surface area contributed by atoms with E-state index in [0.717, 1.165) is 5.69 Å². The van der Waals surface area contributed by atoms with Crippen molar-refractivity contribution >= 4 is 28.7 Å². The molecule has 0 fully saturated rings. The zero-order chi connectivity index (χ0) is 20.6. The number of carbonyl (C=O) groups is 1. The van der Waals surface area contributed by atoms with Crippen LogP contribution in [0.4, 0.5) is 0 Å². The first-order chi connectivity index (χ1) is 14.1. The van der Waals surface area contributed by atoms with Crippen LogP contribution in [-0.4, -0.2) is 76.8 Å². The van der Waals surface area contributed by atoms with Crippen molar-refractivity contribution in [2.75, 3.05) is 46.3 Å². The van der Waals surface area contributed by atoms with Crippen molar-refractivity contribution in [1.82, 2.24) is 24.6 Å². The van der Waals surface area contributed by atoms with E-state index in [4.69, 9.17) is 9.47 Å². The highest BCUT2D eigenvalue weighted by molar-refractivity contribution is 7.99. The molecule has 0 aliphatic heterocycles. The molecule has 0 unspecified atom stereocenters. The first-order valence-corrected chi connectivity index (χ1v) is 10.0. The second kappa shape index (κ2) is 10.2. The van der Waals surface area contributed by atoms with Gasteiger partial charge in [-0.25, -0.2) is 9.67 Å². The number of thioether (sulfide) groups is 1. The van der Waals surface area contributed by atoms with E-state index < -0.39 is 0 Å². The third kappa shape index (κ3) is 5.22. The molecule has 10 heteroatoms. The SMILES string of the molecule is COCCN(CCOC)C(=O)CSc1nc2c(cnn2-c2ccccc2)c(=O)[nH]1. The van der Waals surface area contributed by atoms with Gasteiger partial charge in [-0.05, 0) is 12.1 Å². The van der Waals surface area contributed by atoms with Gasteiger partial charge in [0.15, 0.2) is 10.8 Å². The minimum absolute atomic E-state index is 0.0802. The monoisotopic (exact) mass is 417 g/mol. The molecule has 0 saturated carbocycles. The molecule has 0 aliphatic carbocycles. The van der Waals surface area contributed by atoms with Gasteiger partial charge in [0, 0.05) is 27.3 Å². The van der Waals surface area contributed by atoms with Crippen LogP contribution in [0.5, 0.6) is 0 Å². The number of hydrogen-bond donors (Lipinski definition) is 1. The molecule has 3 aromatic rings. The lowest BCUT2D eigenvalue weighted by molar-refractivity contribution is -0.129. The van der Waals surface area contributed by atoms with E-state index in [2.05, 4.69) is 15.1 Å². The minimum Gasteiger partial charge on any atom is -0.383 e. The van der Waals surface area contributed by atoms with Gasteiger partial charge >= 0.3 is 0 Å². The predicted molar refractivity (Wildman–Crippen MR) is 111 cm³/mol. The minimum atomic E-state index is -0.289. The van der Waals surface area contributed by atoms with Gasteiger partial charge in [0.05, 0.1) is 30.9 Å². The number of nitrogens with zero attached hydrogens (tertiary/aromatic N) is 4. The van der Waals surface area contributed by atoms with Gasteiger partial charge in [0.25, 0.3) is 5.56 Å². The van der Waals surface area contributed by atoms with E-state index in [1.165, 1.54) is 18.0 Å². The maximum atomic E-state index is 12.6. The van der Waals surface area contributed by atoms with Crippen LogP contribution in [0.1, 0.15) is 0 Å². The number of benzene rings is 1. The average Bonchev–Trinajstić information content (AvgIpc) is 3.17. The van der Waals surface area contributed by atoms with E-state index in [9.17, 15) is 9.59 Å². The Bertz CT molecular complexity index is 997. The highest BCUT2D eigenvalue weighted by Gasteiger charge is 2.16. The first kappa shape index (κ1) is 21.0. The van der Waals surface area contributed by atoms with Crippen LogP contribution in [-0.2, 0) is 14.3 Å². The molecule has 0 aliphatic rings. The van der Waals surface area contributed by atoms with Crippen molar-refractivity contribution in [3.05, 3.63) is 46.9 Å². The molecule has 154 valence electrons. The third-order valence-corrected chi connectivity index (χ3v) is 5.09. The van der Waals surface area contributed by atoms with Crippen molar-refractivity contribution < 1.29 is 14.3 Å². The summed E-state index contributed by atoms with van der Waals surface area (Å²) in [7, 11) is 3.18. The number of fused-ring (bicyclic) bond motifs is 1. The fraction of sp³-hybridized carbons (Fsp3) is 0.368. The number of aromatic nitrogens is 4. The summed E-state index contributed by atoms with van der Waals surface area (Å²) in [6.45, 7) is 1.83. The predicted octanol–water partition coefficient (Wildman–Crippen LogP) is 1.32. The number of aromatic amines is 1. The summed E-state index contributed by atoms with van der Waals surface area (Å²) in [5.41, 5.74) is 0.964. The van der Waals surface area contributed by atoms with E-state index in [-0.39, 0.29) is 17.2 Å². The number of ether oxygens (including phenoxy) is 2. The number of hydrogen-bond acceptors (Lipinski definition) is 7. The second-order valence-electron chi connectivity index (χ2n) is 6.16. The summed E-state index contributed by atoms with van der Waals surface area (Å²) < 4.78 is 11.7. The van der Waals surface area contributed by atoms with Crippen LogP contribution < -0.4 is 5.56 Å². The van der Waals surface area contributed by atoms with Gasteiger partial charge in [-0.2, -0.15) is 5.10 Å². The van der Waals surface area contributed by atoms with Crippen molar-refractivity contribution in [3.8, 4) is 5.69 Å². The molecule has 0 bridgehead atoms. The molecule has 0 radical (unpaired) electrons. The fourth-order valence-electron chi connectivity index (χ4n) is 2.71. The standard InChI is InChI=1S/C19H23N5O4S/c1-27-10-8-23(9-11-28-2)16(25)13-29-19-21-17-15(18(26)22-19)12-20-24(17)14-6-4-3-5-7-14/h3-7,12H,8-11,13H2,1-2H3,(H,21,22,26). The molecule has 2 aromatic heterocycles. The van der Waals surface area contributed by atoms with E-state index in [0.29, 0.717) is 42.5 Å². The molecule has 0 saturated heterocycles. The lowest BCUT2D eigenvalue weighted by Gasteiger charge is -2.21. The molecule has 0 atom stereocenters. The van der Waals surface area contributed by atoms with Crippen molar-refractivity contribution in [2.45, 2.75) is 5.16 Å². The van der Waals surface area contributed by atoms with Gasteiger partial charge in [0.2, 0.25) is 5.91 Å². The molecule has 29 heavy (non-hydrogen) atoms. The summed E-state index contributed by atoms with van der Waals surface area (Å²) in [5.74, 6) is 0.0601. The maximum Gasteiger partial charge on any atom is 0.262 e. The van der Waals surface area contributed by atoms with Crippen molar-refractivity contribution in [3.63, 3.8) is 0 Å². The zero-order valence-corrected chi connectivity index (χ0v) is 17.1. The number of rotatable bonds is 10. The largest absolute Gasteiger partial charge is 0.383 e. The Balaban J connectivity index is 1.77. The summed E-state index contributed by atoms with van der Waals surface area (Å²) >= 11 is 1.18. The fourth-order valence-corrected chi connectivity index (χ4v) is 3.47. The molecule has 1 aromatic carbocycles. The van der Waals surface area contributed by atoms with Gasteiger partial charge in [-0.15, -0.1) is 0 Å². The lowest BCUT2D eigenvalue weighted by atomic mass is 10.3. The number of H-pyrrole nitrogens is 1. The Kier molecular flexibility index (Phi) is 7.39. The number of methoxy groups -OCH3 is 2. The summed E-state index contributed by atoms with van der Waals surface area (Å²) in [6.07, 6.45) is 1.49. The Labute approximate surface area is 172 Å². The number of carbonyl (C=O) groups excluding carboxylic acids is 1. The highest BCUT2D eigenvalue weighted by atomic mass is 32.2. The first-order valence-electron chi connectivity index (χ1n) is 9.06. The summed E-state index contributed by atoms with van der Waals surface area (Å²) in [6, 6.07) is 9.45. The van der Waals surface area contributed by atoms with Crippen molar-refractivity contribution in [2.24, 2.45) is 0 Å². The van der Waals surface area contributed by atoms with Gasteiger partial charge < -0.3 is 19.4 Å². The average molecular weight is 417 g/mol. The zero-order valence-electron chi connectivity index (χ0n) is 16.3. The second-order valence-corrected chi connectivity index (χ2v) is 7.12. The van der Waals surface area contributed by atoms with Crippen LogP contribution in [0.3, 0.4) is 0 Å². The van der Waals surface area contributed by atoms with Crippen LogP contribution in [0, 0.1) is 0 Å². The van der Waals surface area contributed by atoms with E-state index in [1.54, 1.807) is 23.8 Å². The van der Waals surface area contributed by atoms with E-state index >= 15 is 0 Å². The Hall–Kier alpha value is -2.69. The number of para-hydroxylation sites is 1. The van der Waals surface area contributed by atoms with Crippen molar-refractivity contribution in [1.29, 1.82) is 0 Å². The van der Waals surface area contributed by atoms with Gasteiger partial charge in [-0.3, -0.25) is 9.59 Å². The Morgan fingerprint density at radius 3 is 2.52 bits per heavy atom. The highest BCUT2D eigenvalue weighted by Crippen LogP contribution is 2.18. The molecule has 0 spiro atoms. The van der Waals surface area contributed by atoms with Crippen LogP contribution >= 0.6 is 11.8 Å². The summed E-state index contributed by atoms with van der Waals surface area (Å²) in [4.78, 5) is 33.9. The van der Waals surface area contributed by atoms with E-state index in [1.807, 2.05) is 30.3 Å². The van der Waals surface area contributed by atoms with Crippen LogP contribution in [0.15, 0.2) is 46.5 Å². The Morgan fingerprint density at radius 1 is 1.17 bits per heavy atom. The topological polar surface area (TPSA) is 102 Å². The lowest BCUT2D eigenvalue weighted by Crippen LogP contribution is -2.37. The normalized spacial score (nSPS) is 11.1. The maximum absolute atomic E-state index is 12.6.